The molecule has 2 heterocycles. The number of amides is 1. The largest absolute Gasteiger partial charge is 0.392 e. The van der Waals surface area contributed by atoms with Crippen LogP contribution in [0.3, 0.4) is 0 Å². The highest BCUT2D eigenvalue weighted by atomic mass is 16.2. The number of carbonyl (C=O) groups is 1. The lowest BCUT2D eigenvalue weighted by molar-refractivity contribution is 0.0750. The van der Waals surface area contributed by atoms with Crippen molar-refractivity contribution in [1.29, 1.82) is 0 Å². The Morgan fingerprint density at radius 1 is 1.18 bits per heavy atom. The van der Waals surface area contributed by atoms with Crippen molar-refractivity contribution in [3.8, 4) is 0 Å². The molecule has 0 aromatic carbocycles. The first-order valence-corrected chi connectivity index (χ1v) is 7.61. The van der Waals surface area contributed by atoms with E-state index < -0.39 is 11.2 Å². The van der Waals surface area contributed by atoms with Crippen molar-refractivity contribution in [1.82, 2.24) is 14.9 Å². The Labute approximate surface area is 128 Å². The molecular weight excluding hydrogens is 284 g/mol. The molecule has 4 N–H and O–H groups in total. The molecule has 2 rings (SSSR count). The summed E-state index contributed by atoms with van der Waals surface area (Å²) in [6.45, 7) is 7.85. The van der Waals surface area contributed by atoms with Gasteiger partial charge in [0, 0.05) is 13.1 Å². The Kier molecular flexibility index (Phi) is 4.44. The molecule has 0 bridgehead atoms. The minimum atomic E-state index is -0.727. The van der Waals surface area contributed by atoms with E-state index >= 15 is 0 Å². The lowest BCUT2D eigenvalue weighted by Gasteiger charge is -2.29. The summed E-state index contributed by atoms with van der Waals surface area (Å²) in [4.78, 5) is 41.5. The van der Waals surface area contributed by atoms with E-state index in [2.05, 4.69) is 25.8 Å². The first-order valence-electron chi connectivity index (χ1n) is 7.61. The molecule has 7 nitrogen and oxygen atoms in total. The fraction of sp³-hybridized carbons (Fsp3) is 0.667. The number of nitrogens with two attached hydrogens (primary N) is 1. The Morgan fingerprint density at radius 2 is 1.86 bits per heavy atom. The molecule has 0 spiro atoms. The molecule has 1 aliphatic heterocycles. The highest BCUT2D eigenvalue weighted by Gasteiger charge is 2.29. The zero-order valence-corrected chi connectivity index (χ0v) is 13.4. The van der Waals surface area contributed by atoms with Crippen LogP contribution in [0.15, 0.2) is 9.59 Å². The van der Waals surface area contributed by atoms with E-state index in [9.17, 15) is 14.4 Å². The first kappa shape index (κ1) is 16.3. The van der Waals surface area contributed by atoms with E-state index in [1.165, 1.54) is 0 Å². The highest BCUT2D eigenvalue weighted by Crippen LogP contribution is 2.34. The number of likely N-dealkylation sites (tertiary alicyclic amines) is 1. The van der Waals surface area contributed by atoms with Crippen molar-refractivity contribution in [2.24, 2.45) is 11.3 Å². The van der Waals surface area contributed by atoms with Gasteiger partial charge in [0.15, 0.2) is 0 Å². The number of carbonyl (C=O) groups excluding carboxylic acids is 1. The zero-order chi connectivity index (χ0) is 16.5. The lowest BCUT2D eigenvalue weighted by atomic mass is 9.77. The summed E-state index contributed by atoms with van der Waals surface area (Å²) in [5, 5.41) is 0. The number of nitrogen functional groups attached to an aromatic ring is 1. The predicted octanol–water partition coefficient (Wildman–Crippen LogP) is 0.934. The number of H-pyrrole nitrogens is 2. The molecule has 0 radical (unpaired) electrons. The maximum Gasteiger partial charge on any atom is 0.326 e. The number of aromatic amines is 2. The normalized spacial score (nSPS) is 19.8. The van der Waals surface area contributed by atoms with Crippen molar-refractivity contribution in [3.63, 3.8) is 0 Å². The SMILES string of the molecule is CC(C)(C)C1CCCN(C(=O)c2[nH]c(=O)[nH]c(=O)c2N)CC1. The van der Waals surface area contributed by atoms with Crippen LogP contribution in [0.4, 0.5) is 5.69 Å². The molecule has 1 aromatic rings. The topological polar surface area (TPSA) is 112 Å². The standard InChI is InChI=1S/C15H24N4O3/c1-15(2,3)9-5-4-7-19(8-6-9)13(21)11-10(16)12(20)18-14(22)17-11/h9H,4-8,16H2,1-3H3,(H2,17,18,20,22). The second-order valence-electron chi connectivity index (χ2n) is 6.98. The van der Waals surface area contributed by atoms with Crippen LogP contribution in [0.2, 0.25) is 0 Å². The molecule has 1 fully saturated rings. The lowest BCUT2D eigenvalue weighted by Crippen LogP contribution is -2.37. The number of nitrogens with zero attached hydrogens (tertiary/aromatic N) is 1. The highest BCUT2D eigenvalue weighted by molar-refractivity contribution is 5.96. The van der Waals surface area contributed by atoms with Gasteiger partial charge in [-0.2, -0.15) is 0 Å². The number of hydrogen-bond acceptors (Lipinski definition) is 4. The van der Waals surface area contributed by atoms with E-state index in [1.54, 1.807) is 4.90 Å². The fourth-order valence-corrected chi connectivity index (χ4v) is 2.99. The van der Waals surface area contributed by atoms with Gasteiger partial charge in [0.25, 0.3) is 11.5 Å². The molecule has 7 heteroatoms. The molecule has 1 saturated heterocycles. The molecule has 1 aliphatic rings. The fourth-order valence-electron chi connectivity index (χ4n) is 2.99. The van der Waals surface area contributed by atoms with Crippen LogP contribution in [0.25, 0.3) is 0 Å². The molecule has 0 saturated carbocycles. The van der Waals surface area contributed by atoms with Gasteiger partial charge in [-0.15, -0.1) is 0 Å². The molecular formula is C15H24N4O3. The van der Waals surface area contributed by atoms with Gasteiger partial charge in [0.2, 0.25) is 0 Å². The number of anilines is 1. The van der Waals surface area contributed by atoms with Crippen molar-refractivity contribution in [3.05, 3.63) is 26.5 Å². The third-order valence-electron chi connectivity index (χ3n) is 4.43. The molecule has 122 valence electrons. The Hall–Kier alpha value is -2.05. The van der Waals surface area contributed by atoms with Crippen molar-refractivity contribution in [2.45, 2.75) is 40.0 Å². The Morgan fingerprint density at radius 3 is 2.50 bits per heavy atom. The second-order valence-corrected chi connectivity index (χ2v) is 6.98. The molecule has 22 heavy (non-hydrogen) atoms. The second kappa shape index (κ2) is 5.98. The molecule has 0 aliphatic carbocycles. The van der Waals surface area contributed by atoms with E-state index in [0.717, 1.165) is 19.3 Å². The van der Waals surface area contributed by atoms with Crippen LogP contribution in [0.1, 0.15) is 50.5 Å². The maximum atomic E-state index is 12.6. The van der Waals surface area contributed by atoms with Gasteiger partial charge in [-0.05, 0) is 30.6 Å². The van der Waals surface area contributed by atoms with Crippen molar-refractivity contribution in [2.75, 3.05) is 18.8 Å². The van der Waals surface area contributed by atoms with E-state index in [4.69, 9.17) is 5.73 Å². The zero-order valence-electron chi connectivity index (χ0n) is 13.4. The van der Waals surface area contributed by atoms with Crippen LogP contribution >= 0.6 is 0 Å². The minimum absolute atomic E-state index is 0.108. The number of rotatable bonds is 1. The van der Waals surface area contributed by atoms with Gasteiger partial charge in [-0.25, -0.2) is 4.79 Å². The summed E-state index contributed by atoms with van der Waals surface area (Å²) in [5.74, 6) is 0.163. The van der Waals surface area contributed by atoms with Gasteiger partial charge in [-0.1, -0.05) is 20.8 Å². The summed E-state index contributed by atoms with van der Waals surface area (Å²) >= 11 is 0. The summed E-state index contributed by atoms with van der Waals surface area (Å²) in [7, 11) is 0. The molecule has 1 aromatic heterocycles. The van der Waals surface area contributed by atoms with E-state index in [-0.39, 0.29) is 22.7 Å². The smallest absolute Gasteiger partial charge is 0.326 e. The average molecular weight is 308 g/mol. The van der Waals surface area contributed by atoms with Crippen molar-refractivity contribution >= 4 is 11.6 Å². The van der Waals surface area contributed by atoms with Crippen molar-refractivity contribution < 1.29 is 4.79 Å². The Bertz CT molecular complexity index is 669. The van der Waals surface area contributed by atoms with Gasteiger partial charge in [0.1, 0.15) is 11.4 Å². The predicted molar refractivity (Wildman–Crippen MR) is 84.8 cm³/mol. The number of hydrogen-bond donors (Lipinski definition) is 3. The first-order chi connectivity index (χ1) is 10.2. The van der Waals surface area contributed by atoms with Gasteiger partial charge in [-0.3, -0.25) is 14.6 Å². The van der Waals surface area contributed by atoms with Crippen LogP contribution in [-0.2, 0) is 0 Å². The molecule has 1 unspecified atom stereocenters. The monoisotopic (exact) mass is 308 g/mol. The van der Waals surface area contributed by atoms with E-state index in [0.29, 0.717) is 19.0 Å². The molecule has 1 atom stereocenters. The third kappa shape index (κ3) is 3.40. The van der Waals surface area contributed by atoms with Crippen LogP contribution in [0.5, 0.6) is 0 Å². The Balaban J connectivity index is 2.21. The van der Waals surface area contributed by atoms with Crippen LogP contribution in [-0.4, -0.2) is 33.9 Å². The quantitative estimate of drug-likeness (QED) is 0.716. The van der Waals surface area contributed by atoms with Crippen LogP contribution in [0, 0.1) is 11.3 Å². The summed E-state index contributed by atoms with van der Waals surface area (Å²) in [5.41, 5.74) is 4.05. The maximum absolute atomic E-state index is 12.6. The summed E-state index contributed by atoms with van der Waals surface area (Å²) in [6, 6.07) is 0. The van der Waals surface area contributed by atoms with Crippen LogP contribution < -0.4 is 17.0 Å². The molecule has 1 amide bonds. The summed E-state index contributed by atoms with van der Waals surface area (Å²) in [6.07, 6.45) is 2.87. The van der Waals surface area contributed by atoms with Gasteiger partial charge < -0.3 is 15.6 Å². The minimum Gasteiger partial charge on any atom is -0.392 e. The number of aromatic nitrogens is 2. The summed E-state index contributed by atoms with van der Waals surface area (Å²) < 4.78 is 0. The average Bonchev–Trinajstić information content (AvgIpc) is 2.67. The van der Waals surface area contributed by atoms with Gasteiger partial charge in [0.05, 0.1) is 0 Å². The number of nitrogens with one attached hydrogen (secondary N) is 2. The van der Waals surface area contributed by atoms with E-state index in [1.807, 2.05) is 4.98 Å². The van der Waals surface area contributed by atoms with Gasteiger partial charge >= 0.3 is 5.69 Å². The third-order valence-corrected chi connectivity index (χ3v) is 4.43.